The van der Waals surface area contributed by atoms with Gasteiger partial charge in [-0.2, -0.15) is 0 Å². The van der Waals surface area contributed by atoms with Gasteiger partial charge in [0.25, 0.3) is 0 Å². The predicted octanol–water partition coefficient (Wildman–Crippen LogP) is 3.08. The van der Waals surface area contributed by atoms with Gasteiger partial charge >= 0.3 is 0 Å². The van der Waals surface area contributed by atoms with Gasteiger partial charge in [0, 0.05) is 11.6 Å². The van der Waals surface area contributed by atoms with Crippen LogP contribution in [0.4, 0.5) is 5.69 Å². The van der Waals surface area contributed by atoms with Crippen molar-refractivity contribution in [2.24, 2.45) is 5.92 Å². The zero-order valence-electron chi connectivity index (χ0n) is 9.78. The average Bonchev–Trinajstić information content (AvgIpc) is 2.32. The smallest absolute Gasteiger partial charge is 0.227 e. The number of nitrogens with one attached hydrogen (secondary N) is 1. The third-order valence-electron chi connectivity index (χ3n) is 3.12. The Morgan fingerprint density at radius 3 is 2.71 bits per heavy atom. The molecule has 0 bridgehead atoms. The zero-order valence-corrected chi connectivity index (χ0v) is 9.78. The Morgan fingerprint density at radius 1 is 1.35 bits per heavy atom. The van der Waals surface area contributed by atoms with Crippen molar-refractivity contribution in [2.45, 2.75) is 25.7 Å². The summed E-state index contributed by atoms with van der Waals surface area (Å²) in [5, 5.41) is 12.0. The highest BCUT2D eigenvalue weighted by Crippen LogP contribution is 2.28. The minimum atomic E-state index is 0.0463. The molecule has 0 spiro atoms. The first-order valence-corrected chi connectivity index (χ1v) is 5.91. The molecule has 1 aromatic rings. The van der Waals surface area contributed by atoms with Gasteiger partial charge in [0.05, 0.1) is 0 Å². The minimum Gasteiger partial charge on any atom is -0.508 e. The van der Waals surface area contributed by atoms with Crippen LogP contribution in [0.1, 0.15) is 25.7 Å². The summed E-state index contributed by atoms with van der Waals surface area (Å²) in [6, 6.07) is 6.53. The lowest BCUT2D eigenvalue weighted by molar-refractivity contribution is -0.120. The fourth-order valence-electron chi connectivity index (χ4n) is 2.16. The Hall–Kier alpha value is -1.77. The van der Waals surface area contributed by atoms with Crippen molar-refractivity contribution in [1.82, 2.24) is 0 Å². The maximum atomic E-state index is 12.0. The van der Waals surface area contributed by atoms with Crippen LogP contribution in [0.3, 0.4) is 0 Å². The molecule has 1 unspecified atom stereocenters. The normalized spacial score (nSPS) is 20.0. The number of carbonyl (C=O) groups is 1. The summed E-state index contributed by atoms with van der Waals surface area (Å²) in [6.07, 6.45) is 3.82. The van der Waals surface area contributed by atoms with Crippen LogP contribution < -0.4 is 5.32 Å². The van der Waals surface area contributed by atoms with Crippen molar-refractivity contribution in [3.05, 3.63) is 36.4 Å². The van der Waals surface area contributed by atoms with Gasteiger partial charge in [-0.1, -0.05) is 12.2 Å². The Morgan fingerprint density at radius 2 is 2.06 bits per heavy atom. The molecule has 2 rings (SSSR count). The first kappa shape index (κ1) is 11.7. The second kappa shape index (κ2) is 5.04. The summed E-state index contributed by atoms with van der Waals surface area (Å²) >= 11 is 0. The van der Waals surface area contributed by atoms with Gasteiger partial charge in [0.2, 0.25) is 5.91 Å². The van der Waals surface area contributed by atoms with E-state index in [1.807, 2.05) is 0 Å². The van der Waals surface area contributed by atoms with Crippen molar-refractivity contribution in [3.63, 3.8) is 0 Å². The second-order valence-corrected chi connectivity index (χ2v) is 4.58. The molecule has 0 heterocycles. The number of allylic oxidation sites excluding steroid dienone is 1. The molecule has 2 N–H and O–H groups in total. The van der Waals surface area contributed by atoms with E-state index in [4.69, 9.17) is 5.11 Å². The lowest BCUT2D eigenvalue weighted by atomic mass is 9.86. The molecular formula is C14H17NO2. The SMILES string of the molecule is C=C1CCCC(C(=O)Nc2ccc(O)cc2)C1. The molecule has 0 radical (unpaired) electrons. The standard InChI is InChI=1S/C14H17NO2/c1-10-3-2-4-11(9-10)14(17)15-12-5-7-13(16)8-6-12/h5-8,11,16H,1-4,9H2,(H,15,17). The summed E-state index contributed by atoms with van der Waals surface area (Å²) in [7, 11) is 0. The Kier molecular flexibility index (Phi) is 3.47. The number of carbonyl (C=O) groups excluding carboxylic acids is 1. The predicted molar refractivity (Wildman–Crippen MR) is 67.8 cm³/mol. The van der Waals surface area contributed by atoms with Crippen LogP contribution in [0, 0.1) is 5.92 Å². The molecule has 17 heavy (non-hydrogen) atoms. The monoisotopic (exact) mass is 231 g/mol. The quantitative estimate of drug-likeness (QED) is 0.607. The first-order valence-electron chi connectivity index (χ1n) is 5.91. The van der Waals surface area contributed by atoms with E-state index in [0.29, 0.717) is 0 Å². The van der Waals surface area contributed by atoms with Crippen LogP contribution in [0.5, 0.6) is 5.75 Å². The van der Waals surface area contributed by atoms with Gasteiger partial charge in [0.1, 0.15) is 5.75 Å². The van der Waals surface area contributed by atoms with E-state index in [1.54, 1.807) is 24.3 Å². The van der Waals surface area contributed by atoms with E-state index in [-0.39, 0.29) is 17.6 Å². The summed E-state index contributed by atoms with van der Waals surface area (Å²) in [6.45, 7) is 3.95. The molecule has 1 fully saturated rings. The summed E-state index contributed by atoms with van der Waals surface area (Å²) in [5.74, 6) is 0.302. The van der Waals surface area contributed by atoms with Crippen LogP contribution >= 0.6 is 0 Å². The zero-order chi connectivity index (χ0) is 12.3. The molecule has 1 aliphatic carbocycles. The van der Waals surface area contributed by atoms with E-state index in [9.17, 15) is 4.79 Å². The van der Waals surface area contributed by atoms with E-state index in [2.05, 4.69) is 11.9 Å². The second-order valence-electron chi connectivity index (χ2n) is 4.58. The molecule has 0 aliphatic heterocycles. The van der Waals surface area contributed by atoms with E-state index < -0.39 is 0 Å². The van der Waals surface area contributed by atoms with Crippen molar-refractivity contribution >= 4 is 11.6 Å². The van der Waals surface area contributed by atoms with E-state index in [0.717, 1.165) is 31.4 Å². The maximum Gasteiger partial charge on any atom is 0.227 e. The van der Waals surface area contributed by atoms with Crippen LogP contribution in [0.2, 0.25) is 0 Å². The van der Waals surface area contributed by atoms with Gasteiger partial charge in [-0.3, -0.25) is 4.79 Å². The van der Waals surface area contributed by atoms with E-state index in [1.165, 1.54) is 5.57 Å². The highest BCUT2D eigenvalue weighted by molar-refractivity contribution is 5.92. The van der Waals surface area contributed by atoms with Crippen LogP contribution in [-0.4, -0.2) is 11.0 Å². The number of hydrogen-bond donors (Lipinski definition) is 2. The highest BCUT2D eigenvalue weighted by atomic mass is 16.3. The van der Waals surface area contributed by atoms with Crippen LogP contribution in [-0.2, 0) is 4.79 Å². The van der Waals surface area contributed by atoms with Gasteiger partial charge in [0.15, 0.2) is 0 Å². The number of aromatic hydroxyl groups is 1. The molecule has 0 aromatic heterocycles. The molecule has 1 atom stereocenters. The van der Waals surface area contributed by atoms with Gasteiger partial charge < -0.3 is 10.4 Å². The summed E-state index contributed by atoms with van der Waals surface area (Å²) in [5.41, 5.74) is 1.89. The van der Waals surface area contributed by atoms with Crippen molar-refractivity contribution < 1.29 is 9.90 Å². The Labute approximate surface area is 101 Å². The summed E-state index contributed by atoms with van der Waals surface area (Å²) in [4.78, 5) is 12.0. The van der Waals surface area contributed by atoms with Crippen molar-refractivity contribution in [3.8, 4) is 5.75 Å². The van der Waals surface area contributed by atoms with Crippen LogP contribution in [0.15, 0.2) is 36.4 Å². The van der Waals surface area contributed by atoms with Crippen molar-refractivity contribution in [2.75, 3.05) is 5.32 Å². The largest absolute Gasteiger partial charge is 0.508 e. The molecule has 1 aliphatic rings. The molecule has 3 heteroatoms. The number of amides is 1. The Balaban J connectivity index is 1.96. The summed E-state index contributed by atoms with van der Waals surface area (Å²) < 4.78 is 0. The molecule has 1 saturated carbocycles. The fraction of sp³-hybridized carbons (Fsp3) is 0.357. The number of hydrogen-bond acceptors (Lipinski definition) is 2. The molecule has 3 nitrogen and oxygen atoms in total. The third-order valence-corrected chi connectivity index (χ3v) is 3.12. The lowest BCUT2D eigenvalue weighted by Crippen LogP contribution is -2.25. The van der Waals surface area contributed by atoms with Gasteiger partial charge in [-0.05, 0) is 49.9 Å². The first-order chi connectivity index (χ1) is 8.15. The molecular weight excluding hydrogens is 214 g/mol. The average molecular weight is 231 g/mol. The lowest BCUT2D eigenvalue weighted by Gasteiger charge is -2.22. The number of anilines is 1. The molecule has 1 amide bonds. The van der Waals surface area contributed by atoms with Crippen LogP contribution in [0.25, 0.3) is 0 Å². The fourth-order valence-corrected chi connectivity index (χ4v) is 2.16. The maximum absolute atomic E-state index is 12.0. The Bertz CT molecular complexity index is 422. The third kappa shape index (κ3) is 3.09. The van der Waals surface area contributed by atoms with E-state index >= 15 is 0 Å². The number of phenols is 1. The highest BCUT2D eigenvalue weighted by Gasteiger charge is 2.22. The van der Waals surface area contributed by atoms with Gasteiger partial charge in [-0.25, -0.2) is 0 Å². The topological polar surface area (TPSA) is 49.3 Å². The van der Waals surface area contributed by atoms with Crippen molar-refractivity contribution in [1.29, 1.82) is 0 Å². The molecule has 0 saturated heterocycles. The minimum absolute atomic E-state index is 0.0463. The van der Waals surface area contributed by atoms with Gasteiger partial charge in [-0.15, -0.1) is 0 Å². The number of phenolic OH excluding ortho intramolecular Hbond substituents is 1. The molecule has 1 aromatic carbocycles. The number of rotatable bonds is 2. The molecule has 90 valence electrons. The number of benzene rings is 1.